The van der Waals surface area contributed by atoms with Gasteiger partial charge in [-0.15, -0.1) is 0 Å². The minimum atomic E-state index is -0.127. The van der Waals surface area contributed by atoms with Crippen LogP contribution in [0.1, 0.15) is 38.4 Å². The number of carbonyl (C=O) groups is 2. The summed E-state index contributed by atoms with van der Waals surface area (Å²) >= 11 is 0. The first-order valence-corrected chi connectivity index (χ1v) is 6.72. The van der Waals surface area contributed by atoms with Gasteiger partial charge < -0.3 is 14.6 Å². The highest BCUT2D eigenvalue weighted by Crippen LogP contribution is 2.17. The lowest BCUT2D eigenvalue weighted by atomic mass is 10.2. The van der Waals surface area contributed by atoms with Crippen molar-refractivity contribution in [1.82, 2.24) is 10.2 Å². The molecule has 0 radical (unpaired) electrons. The molecule has 2 amide bonds. The highest BCUT2D eigenvalue weighted by molar-refractivity contribution is 5.83. The molecule has 0 unspecified atom stereocenters. The molecule has 1 aliphatic carbocycles. The summed E-state index contributed by atoms with van der Waals surface area (Å²) in [7, 11) is 0. The molecule has 0 saturated heterocycles. The molecule has 2 rings (SSSR count). The van der Waals surface area contributed by atoms with E-state index in [4.69, 9.17) is 4.42 Å². The number of hydrogen-bond donors (Lipinski definition) is 1. The van der Waals surface area contributed by atoms with Crippen molar-refractivity contribution < 1.29 is 14.0 Å². The third-order valence-corrected chi connectivity index (χ3v) is 3.43. The van der Waals surface area contributed by atoms with E-state index in [0.29, 0.717) is 12.3 Å². The lowest BCUT2D eigenvalue weighted by Gasteiger charge is -2.20. The quantitative estimate of drug-likeness (QED) is 0.880. The van der Waals surface area contributed by atoms with E-state index < -0.39 is 0 Å². The third-order valence-electron chi connectivity index (χ3n) is 3.43. The van der Waals surface area contributed by atoms with E-state index in [2.05, 4.69) is 5.32 Å². The largest absolute Gasteiger partial charge is 0.467 e. The molecule has 0 spiro atoms. The van der Waals surface area contributed by atoms with Crippen LogP contribution in [0.15, 0.2) is 22.8 Å². The van der Waals surface area contributed by atoms with Gasteiger partial charge in [0, 0.05) is 13.0 Å². The molecule has 5 heteroatoms. The summed E-state index contributed by atoms with van der Waals surface area (Å²) in [5.41, 5.74) is 0. The molecule has 1 aromatic rings. The molecule has 1 heterocycles. The van der Waals surface area contributed by atoms with Crippen LogP contribution in [-0.2, 0) is 16.1 Å². The molecule has 1 aliphatic rings. The van der Waals surface area contributed by atoms with E-state index in [0.717, 1.165) is 12.8 Å². The van der Waals surface area contributed by atoms with Crippen LogP contribution >= 0.6 is 0 Å². The van der Waals surface area contributed by atoms with Crippen LogP contribution in [0.3, 0.4) is 0 Å². The van der Waals surface area contributed by atoms with Gasteiger partial charge in [0.1, 0.15) is 5.76 Å². The minimum Gasteiger partial charge on any atom is -0.467 e. The Morgan fingerprint density at radius 1 is 1.42 bits per heavy atom. The molecule has 0 aliphatic heterocycles. The Kier molecular flexibility index (Phi) is 4.60. The number of carbonyl (C=O) groups excluding carboxylic acids is 2. The summed E-state index contributed by atoms with van der Waals surface area (Å²) < 4.78 is 5.20. The van der Waals surface area contributed by atoms with E-state index in [1.165, 1.54) is 24.7 Å². The zero-order valence-corrected chi connectivity index (χ0v) is 11.2. The molecule has 1 N–H and O–H groups in total. The van der Waals surface area contributed by atoms with Crippen molar-refractivity contribution in [2.24, 2.45) is 0 Å². The average Bonchev–Trinajstić information content (AvgIpc) is 3.00. The molecule has 0 atom stereocenters. The monoisotopic (exact) mass is 264 g/mol. The molecule has 1 saturated carbocycles. The van der Waals surface area contributed by atoms with Crippen molar-refractivity contribution >= 4 is 11.8 Å². The van der Waals surface area contributed by atoms with Crippen molar-refractivity contribution in [3.8, 4) is 0 Å². The fourth-order valence-corrected chi connectivity index (χ4v) is 2.39. The summed E-state index contributed by atoms with van der Waals surface area (Å²) in [4.78, 5) is 24.9. The molecule has 1 aromatic heterocycles. The normalized spacial score (nSPS) is 15.4. The average molecular weight is 264 g/mol. The van der Waals surface area contributed by atoms with Crippen LogP contribution in [-0.4, -0.2) is 29.3 Å². The maximum Gasteiger partial charge on any atom is 0.239 e. The van der Waals surface area contributed by atoms with Gasteiger partial charge in [-0.1, -0.05) is 12.8 Å². The summed E-state index contributed by atoms with van der Waals surface area (Å²) in [6.07, 6.45) is 6.00. The second-order valence-electron chi connectivity index (χ2n) is 5.00. The second kappa shape index (κ2) is 6.41. The van der Waals surface area contributed by atoms with Crippen LogP contribution in [0.5, 0.6) is 0 Å². The molecular formula is C14H20N2O3. The molecule has 104 valence electrons. The lowest BCUT2D eigenvalue weighted by Crippen LogP contribution is -2.42. The molecule has 19 heavy (non-hydrogen) atoms. The predicted octanol–water partition coefficient (Wildman–Crippen LogP) is 1.69. The zero-order chi connectivity index (χ0) is 13.7. The van der Waals surface area contributed by atoms with Crippen molar-refractivity contribution in [2.45, 2.75) is 45.2 Å². The Hall–Kier alpha value is -1.78. The van der Waals surface area contributed by atoms with Crippen molar-refractivity contribution in [2.75, 3.05) is 6.54 Å². The van der Waals surface area contributed by atoms with Gasteiger partial charge in [-0.05, 0) is 25.0 Å². The maximum absolute atomic E-state index is 11.9. The smallest absolute Gasteiger partial charge is 0.239 e. The summed E-state index contributed by atoms with van der Waals surface area (Å²) in [5, 5.41) is 2.98. The fraction of sp³-hybridized carbons (Fsp3) is 0.571. The van der Waals surface area contributed by atoms with Crippen molar-refractivity contribution in [1.29, 1.82) is 0 Å². The van der Waals surface area contributed by atoms with Crippen LogP contribution < -0.4 is 5.32 Å². The highest BCUT2D eigenvalue weighted by Gasteiger charge is 2.20. The van der Waals surface area contributed by atoms with E-state index >= 15 is 0 Å². The zero-order valence-electron chi connectivity index (χ0n) is 11.2. The Morgan fingerprint density at radius 3 is 2.74 bits per heavy atom. The van der Waals surface area contributed by atoms with Crippen molar-refractivity contribution in [3.63, 3.8) is 0 Å². The topological polar surface area (TPSA) is 62.6 Å². The van der Waals surface area contributed by atoms with Gasteiger partial charge in [0.25, 0.3) is 0 Å². The van der Waals surface area contributed by atoms with Gasteiger partial charge in [-0.3, -0.25) is 9.59 Å². The van der Waals surface area contributed by atoms with Gasteiger partial charge in [-0.2, -0.15) is 0 Å². The maximum atomic E-state index is 11.9. The van der Waals surface area contributed by atoms with Crippen LogP contribution in [0, 0.1) is 0 Å². The van der Waals surface area contributed by atoms with E-state index in [1.807, 2.05) is 0 Å². The first kappa shape index (κ1) is 13.6. The summed E-state index contributed by atoms with van der Waals surface area (Å²) in [5.74, 6) is 0.468. The van der Waals surface area contributed by atoms with Gasteiger partial charge in [-0.25, -0.2) is 0 Å². The standard InChI is InChI=1S/C14H20N2O3/c1-11(17)16(9-13-7-4-8-19-13)10-14(18)15-12-5-2-3-6-12/h4,7-8,12H,2-3,5-6,9-10H2,1H3,(H,15,18). The number of rotatable bonds is 5. The molecular weight excluding hydrogens is 244 g/mol. The Labute approximate surface area is 113 Å². The predicted molar refractivity (Wildman–Crippen MR) is 70.2 cm³/mol. The lowest BCUT2D eigenvalue weighted by molar-refractivity contribution is -0.135. The SMILES string of the molecule is CC(=O)N(CC(=O)NC1CCCC1)Cc1ccco1. The summed E-state index contributed by atoms with van der Waals surface area (Å²) in [6, 6.07) is 3.85. The van der Waals surface area contributed by atoms with Crippen LogP contribution in [0.25, 0.3) is 0 Å². The van der Waals surface area contributed by atoms with Gasteiger partial charge in [0.15, 0.2) is 0 Å². The fourth-order valence-electron chi connectivity index (χ4n) is 2.39. The first-order chi connectivity index (χ1) is 9.15. The van der Waals surface area contributed by atoms with E-state index in [1.54, 1.807) is 18.4 Å². The number of nitrogens with one attached hydrogen (secondary N) is 1. The van der Waals surface area contributed by atoms with Crippen molar-refractivity contribution in [3.05, 3.63) is 24.2 Å². The van der Waals surface area contributed by atoms with Gasteiger partial charge in [0.05, 0.1) is 19.4 Å². The molecule has 0 aromatic carbocycles. The minimum absolute atomic E-state index is 0.0892. The number of hydrogen-bond acceptors (Lipinski definition) is 3. The molecule has 0 bridgehead atoms. The Bertz CT molecular complexity index is 422. The van der Waals surface area contributed by atoms with Gasteiger partial charge >= 0.3 is 0 Å². The summed E-state index contributed by atoms with van der Waals surface area (Å²) in [6.45, 7) is 1.89. The highest BCUT2D eigenvalue weighted by atomic mass is 16.3. The van der Waals surface area contributed by atoms with E-state index in [-0.39, 0.29) is 24.4 Å². The van der Waals surface area contributed by atoms with E-state index in [9.17, 15) is 9.59 Å². The molecule has 1 fully saturated rings. The van der Waals surface area contributed by atoms with Crippen LogP contribution in [0.2, 0.25) is 0 Å². The third kappa shape index (κ3) is 4.12. The number of nitrogens with zero attached hydrogens (tertiary/aromatic N) is 1. The molecule has 5 nitrogen and oxygen atoms in total. The first-order valence-electron chi connectivity index (χ1n) is 6.72. The Morgan fingerprint density at radius 2 is 2.16 bits per heavy atom. The van der Waals surface area contributed by atoms with Crippen LogP contribution in [0.4, 0.5) is 0 Å². The Balaban J connectivity index is 1.85. The number of amides is 2. The van der Waals surface area contributed by atoms with Gasteiger partial charge in [0.2, 0.25) is 11.8 Å². The second-order valence-corrected chi connectivity index (χ2v) is 5.00. The number of furan rings is 1.